The number of halogens is 1. The van der Waals surface area contributed by atoms with Crippen LogP contribution in [0.1, 0.15) is 41.3 Å². The van der Waals surface area contributed by atoms with Crippen molar-refractivity contribution in [2.24, 2.45) is 0 Å². The van der Waals surface area contributed by atoms with Gasteiger partial charge in [-0.05, 0) is 56.6 Å². The van der Waals surface area contributed by atoms with Crippen LogP contribution >= 0.6 is 11.6 Å². The van der Waals surface area contributed by atoms with Crippen molar-refractivity contribution in [3.8, 4) is 6.01 Å². The second-order valence-electron chi connectivity index (χ2n) is 11.4. The van der Waals surface area contributed by atoms with E-state index >= 15 is 0 Å². The molecule has 12 heteroatoms. The summed E-state index contributed by atoms with van der Waals surface area (Å²) < 4.78 is 6.27. The Labute approximate surface area is 250 Å². The number of H-pyrrole nitrogens is 1. The number of piperazine rings is 1. The number of carbonyl (C=O) groups is 1. The molecule has 1 amide bonds. The van der Waals surface area contributed by atoms with E-state index in [2.05, 4.69) is 43.8 Å². The van der Waals surface area contributed by atoms with Crippen LogP contribution in [0.4, 0.5) is 5.82 Å². The molecule has 0 saturated carbocycles. The van der Waals surface area contributed by atoms with Crippen molar-refractivity contribution in [1.82, 2.24) is 35.3 Å². The highest BCUT2D eigenvalue weighted by atomic mass is 35.5. The van der Waals surface area contributed by atoms with Gasteiger partial charge < -0.3 is 29.6 Å². The highest BCUT2D eigenvalue weighted by molar-refractivity contribution is 6.33. The number of fused-ring (bicyclic) bond motifs is 2. The van der Waals surface area contributed by atoms with E-state index in [4.69, 9.17) is 32.9 Å². The highest BCUT2D eigenvalue weighted by Gasteiger charge is 2.36. The molecule has 2 aromatic heterocycles. The summed E-state index contributed by atoms with van der Waals surface area (Å²) in [5.41, 5.74) is 4.87. The Morgan fingerprint density at radius 3 is 2.93 bits per heavy atom. The molecule has 0 bridgehead atoms. The minimum Gasteiger partial charge on any atom is -0.462 e. The number of hydrogen-bond donors (Lipinski definition) is 2. The number of amides is 1. The summed E-state index contributed by atoms with van der Waals surface area (Å²) >= 11 is 6.89. The maximum atomic E-state index is 12.5. The topological polar surface area (TPSA) is 107 Å². The first kappa shape index (κ1) is 28.4. The first-order valence-electron chi connectivity index (χ1n) is 14.5. The molecular weight excluding hydrogens is 554 g/mol. The minimum atomic E-state index is -0.256. The second-order valence-corrected chi connectivity index (χ2v) is 11.8. The average Bonchev–Trinajstić information content (AvgIpc) is 3.63. The molecule has 3 atom stereocenters. The van der Waals surface area contributed by atoms with Crippen LogP contribution in [0.15, 0.2) is 24.9 Å². The summed E-state index contributed by atoms with van der Waals surface area (Å²) in [5.74, 6) is 0.646. The Bertz CT molecular complexity index is 1550. The lowest BCUT2D eigenvalue weighted by atomic mass is 9.92. The van der Waals surface area contributed by atoms with E-state index in [-0.39, 0.29) is 24.5 Å². The smallest absolute Gasteiger partial charge is 0.318 e. The van der Waals surface area contributed by atoms with E-state index in [1.807, 2.05) is 19.2 Å². The molecule has 2 N–H and O–H groups in total. The van der Waals surface area contributed by atoms with Gasteiger partial charge >= 0.3 is 6.01 Å². The third-order valence-corrected chi connectivity index (χ3v) is 9.34. The summed E-state index contributed by atoms with van der Waals surface area (Å²) in [7, 11) is 2.13. The lowest BCUT2D eigenvalue weighted by Crippen LogP contribution is -2.56. The van der Waals surface area contributed by atoms with Crippen LogP contribution in [0.25, 0.3) is 15.7 Å². The number of anilines is 1. The number of rotatable bonds is 7. The molecule has 0 spiro atoms. The quantitative estimate of drug-likeness (QED) is 0.319. The Hall–Kier alpha value is -3.72. The van der Waals surface area contributed by atoms with Crippen LogP contribution in [0, 0.1) is 13.5 Å². The van der Waals surface area contributed by atoms with Gasteiger partial charge in [0.2, 0.25) is 12.5 Å². The summed E-state index contributed by atoms with van der Waals surface area (Å²) in [6.45, 7) is 17.1. The van der Waals surface area contributed by atoms with Crippen molar-refractivity contribution < 1.29 is 9.53 Å². The Kier molecular flexibility index (Phi) is 8.03. The molecule has 11 nitrogen and oxygen atoms in total. The molecule has 3 aliphatic rings. The van der Waals surface area contributed by atoms with E-state index in [0.29, 0.717) is 51.3 Å². The molecule has 0 aliphatic carbocycles. The number of hydrogen-bond acceptors (Lipinski definition) is 8. The van der Waals surface area contributed by atoms with E-state index in [1.54, 1.807) is 4.90 Å². The number of carbonyl (C=O) groups excluding carboxylic acids is 1. The lowest BCUT2D eigenvalue weighted by Gasteiger charge is -2.40. The summed E-state index contributed by atoms with van der Waals surface area (Å²) in [4.78, 5) is 32.3. The minimum absolute atomic E-state index is 0.0708. The fourth-order valence-electron chi connectivity index (χ4n) is 6.52. The van der Waals surface area contributed by atoms with Gasteiger partial charge in [-0.3, -0.25) is 9.89 Å². The molecule has 3 unspecified atom stereocenters. The molecule has 0 radical (unpaired) electrons. The normalized spacial score (nSPS) is 22.7. The SMILES string of the molecule is [C-]#[N+]CC1CN(c2nc(OCC3CCCN3C)nc3c2CNC(c2c(Cl)c(C)cc4[nH]ncc24)C3)CCN1C(=O)C=C. The number of benzene rings is 1. The fourth-order valence-corrected chi connectivity index (χ4v) is 6.80. The summed E-state index contributed by atoms with van der Waals surface area (Å²) in [6.07, 6.45) is 6.00. The number of ether oxygens (including phenoxy) is 1. The van der Waals surface area contributed by atoms with Crippen LogP contribution in [0.3, 0.4) is 0 Å². The molecule has 220 valence electrons. The van der Waals surface area contributed by atoms with Gasteiger partial charge in [0.1, 0.15) is 18.5 Å². The van der Waals surface area contributed by atoms with Crippen LogP contribution in [0.5, 0.6) is 6.01 Å². The van der Waals surface area contributed by atoms with Crippen molar-refractivity contribution in [1.29, 1.82) is 0 Å². The first-order chi connectivity index (χ1) is 20.4. The Balaban J connectivity index is 1.35. The molecule has 3 aliphatic heterocycles. The number of nitrogens with zero attached hydrogens (tertiary/aromatic N) is 7. The molecular formula is C30H36ClN9O2. The number of aromatic nitrogens is 4. The molecule has 1 aromatic carbocycles. The zero-order valence-corrected chi connectivity index (χ0v) is 24.8. The Morgan fingerprint density at radius 1 is 1.31 bits per heavy atom. The zero-order chi connectivity index (χ0) is 29.4. The number of aromatic amines is 1. The molecule has 3 aromatic rings. The monoisotopic (exact) mass is 589 g/mol. The first-order valence-corrected chi connectivity index (χ1v) is 14.8. The highest BCUT2D eigenvalue weighted by Crippen LogP contribution is 2.39. The number of aryl methyl sites for hydroxylation is 1. The maximum absolute atomic E-state index is 12.5. The van der Waals surface area contributed by atoms with Crippen molar-refractivity contribution in [3.63, 3.8) is 0 Å². The molecule has 2 fully saturated rings. The standard InChI is InChI=1S/C30H36ClN9O2/c1-5-26(41)40-10-9-39(16-20(40)13-32-3)29-22-14-33-25(27-21-15-34-37-24(21)11-18(2)28(27)31)12-23(22)35-30(36-29)42-17-19-7-6-8-38(19)4/h5,11,15,19-20,25,33H,1,6-10,12-14,16-17H2,2,4H3,(H,34,37). The van der Waals surface area contributed by atoms with Gasteiger partial charge in [-0.2, -0.15) is 15.1 Å². The van der Waals surface area contributed by atoms with Crippen molar-refractivity contribution in [2.75, 3.05) is 51.3 Å². The third-order valence-electron chi connectivity index (χ3n) is 8.84. The molecule has 6 rings (SSSR count). The molecule has 5 heterocycles. The van der Waals surface area contributed by atoms with E-state index in [9.17, 15) is 4.79 Å². The van der Waals surface area contributed by atoms with Crippen molar-refractivity contribution in [2.45, 2.75) is 50.9 Å². The second kappa shape index (κ2) is 11.9. The molecule has 42 heavy (non-hydrogen) atoms. The van der Waals surface area contributed by atoms with Gasteiger partial charge in [-0.15, -0.1) is 0 Å². The van der Waals surface area contributed by atoms with Crippen LogP contribution in [-0.2, 0) is 17.8 Å². The largest absolute Gasteiger partial charge is 0.462 e. The predicted molar refractivity (Wildman–Crippen MR) is 162 cm³/mol. The van der Waals surface area contributed by atoms with Gasteiger partial charge in [-0.1, -0.05) is 18.2 Å². The van der Waals surface area contributed by atoms with Gasteiger partial charge in [-0.25, -0.2) is 6.57 Å². The number of likely N-dealkylation sites (tertiary alicyclic amines) is 1. The number of likely N-dealkylation sites (N-methyl/N-ethyl adjacent to an activating group) is 1. The average molecular weight is 590 g/mol. The summed E-state index contributed by atoms with van der Waals surface area (Å²) in [6, 6.07) is 2.39. The predicted octanol–water partition coefficient (Wildman–Crippen LogP) is 3.30. The van der Waals surface area contributed by atoms with Gasteiger partial charge in [0.25, 0.3) is 0 Å². The van der Waals surface area contributed by atoms with Gasteiger partial charge in [0, 0.05) is 60.7 Å². The maximum Gasteiger partial charge on any atom is 0.318 e. The van der Waals surface area contributed by atoms with Gasteiger partial charge in [0.05, 0.1) is 17.4 Å². The van der Waals surface area contributed by atoms with E-state index in [0.717, 1.165) is 63.5 Å². The molecule has 2 saturated heterocycles. The lowest BCUT2D eigenvalue weighted by molar-refractivity contribution is -0.128. The van der Waals surface area contributed by atoms with Crippen LogP contribution in [0.2, 0.25) is 5.02 Å². The van der Waals surface area contributed by atoms with E-state index in [1.165, 1.54) is 6.08 Å². The fraction of sp³-hybridized carbons (Fsp3) is 0.500. The van der Waals surface area contributed by atoms with Crippen LogP contribution in [-0.4, -0.2) is 94.3 Å². The zero-order valence-electron chi connectivity index (χ0n) is 24.1. The summed E-state index contributed by atoms with van der Waals surface area (Å²) in [5, 5.41) is 12.7. The van der Waals surface area contributed by atoms with Crippen molar-refractivity contribution >= 4 is 34.2 Å². The van der Waals surface area contributed by atoms with E-state index < -0.39 is 0 Å². The van der Waals surface area contributed by atoms with Crippen LogP contribution < -0.4 is 15.0 Å². The number of nitrogens with one attached hydrogen (secondary N) is 2. The van der Waals surface area contributed by atoms with Gasteiger partial charge in [0.15, 0.2) is 0 Å². The van der Waals surface area contributed by atoms with Crippen molar-refractivity contribution in [3.05, 3.63) is 63.7 Å². The Morgan fingerprint density at radius 2 is 2.17 bits per heavy atom. The third kappa shape index (κ3) is 5.30.